The zero-order chi connectivity index (χ0) is 16.8. The SMILES string of the molecule is CSCC(NC(=S)Nc1ccc(CC(F)(F)F)cc1)C(=O)O. The monoisotopic (exact) mass is 352 g/mol. The minimum absolute atomic E-state index is 0.102. The molecule has 1 atom stereocenters. The lowest BCUT2D eigenvalue weighted by Gasteiger charge is -2.16. The van der Waals surface area contributed by atoms with Crippen LogP contribution < -0.4 is 10.6 Å². The van der Waals surface area contributed by atoms with Crippen LogP contribution in [-0.2, 0) is 11.2 Å². The van der Waals surface area contributed by atoms with Gasteiger partial charge in [0.2, 0.25) is 0 Å². The summed E-state index contributed by atoms with van der Waals surface area (Å²) in [5.41, 5.74) is 0.624. The molecule has 3 N–H and O–H groups in total. The lowest BCUT2D eigenvalue weighted by Crippen LogP contribution is -2.44. The smallest absolute Gasteiger partial charge is 0.393 e. The number of thioether (sulfide) groups is 1. The highest BCUT2D eigenvalue weighted by Crippen LogP contribution is 2.22. The Hall–Kier alpha value is -1.48. The summed E-state index contributed by atoms with van der Waals surface area (Å²) in [5, 5.41) is 14.5. The van der Waals surface area contributed by atoms with E-state index >= 15 is 0 Å². The Morgan fingerprint density at radius 1 is 1.36 bits per heavy atom. The van der Waals surface area contributed by atoms with E-state index in [-0.39, 0.29) is 10.7 Å². The number of halogens is 3. The van der Waals surface area contributed by atoms with Crippen molar-refractivity contribution < 1.29 is 23.1 Å². The largest absolute Gasteiger partial charge is 0.480 e. The molecule has 0 bridgehead atoms. The summed E-state index contributed by atoms with van der Waals surface area (Å²) in [6.45, 7) is 0. The van der Waals surface area contributed by atoms with Crippen LogP contribution in [0.5, 0.6) is 0 Å². The third-order valence-electron chi connectivity index (χ3n) is 2.55. The molecule has 0 fully saturated rings. The molecule has 0 aliphatic carbocycles. The molecular formula is C13H15F3N2O2S2. The van der Waals surface area contributed by atoms with Crippen LogP contribution in [-0.4, -0.2) is 40.4 Å². The van der Waals surface area contributed by atoms with Crippen LogP contribution in [0.25, 0.3) is 0 Å². The molecule has 4 nitrogen and oxygen atoms in total. The van der Waals surface area contributed by atoms with Gasteiger partial charge in [-0.1, -0.05) is 12.1 Å². The van der Waals surface area contributed by atoms with E-state index in [1.54, 1.807) is 6.26 Å². The first-order valence-corrected chi connectivity index (χ1v) is 7.96. The molecule has 22 heavy (non-hydrogen) atoms. The maximum Gasteiger partial charge on any atom is 0.393 e. The first-order chi connectivity index (χ1) is 10.2. The average molecular weight is 352 g/mol. The zero-order valence-electron chi connectivity index (χ0n) is 11.6. The highest BCUT2D eigenvalue weighted by Gasteiger charge is 2.27. The van der Waals surface area contributed by atoms with Crippen LogP contribution in [0.1, 0.15) is 5.56 Å². The number of nitrogens with one attached hydrogen (secondary N) is 2. The number of thiocarbonyl (C=S) groups is 1. The summed E-state index contributed by atoms with van der Waals surface area (Å²) in [6.07, 6.45) is -3.48. The normalized spacial score (nSPS) is 12.5. The molecule has 0 aliphatic rings. The molecule has 1 aromatic carbocycles. The van der Waals surface area contributed by atoms with Crippen molar-refractivity contribution in [3.8, 4) is 0 Å². The molecule has 0 saturated heterocycles. The molecule has 0 aromatic heterocycles. The number of hydrogen-bond acceptors (Lipinski definition) is 3. The number of hydrogen-bond donors (Lipinski definition) is 3. The van der Waals surface area contributed by atoms with E-state index in [1.165, 1.54) is 36.0 Å². The summed E-state index contributed by atoms with van der Waals surface area (Å²) in [7, 11) is 0. The van der Waals surface area contributed by atoms with Crippen LogP contribution in [0.4, 0.5) is 18.9 Å². The van der Waals surface area contributed by atoms with Crippen molar-refractivity contribution in [3.05, 3.63) is 29.8 Å². The summed E-state index contributed by atoms with van der Waals surface area (Å²) >= 11 is 6.35. The van der Waals surface area contributed by atoms with Crippen LogP contribution in [0, 0.1) is 0 Å². The van der Waals surface area contributed by atoms with E-state index in [1.807, 2.05) is 0 Å². The molecule has 0 radical (unpaired) electrons. The van der Waals surface area contributed by atoms with Crippen LogP contribution in [0.3, 0.4) is 0 Å². The van der Waals surface area contributed by atoms with Crippen LogP contribution in [0.15, 0.2) is 24.3 Å². The molecule has 9 heteroatoms. The molecule has 0 aliphatic heterocycles. The van der Waals surface area contributed by atoms with Gasteiger partial charge in [0.1, 0.15) is 6.04 Å². The highest BCUT2D eigenvalue weighted by molar-refractivity contribution is 7.98. The molecule has 0 heterocycles. The number of anilines is 1. The van der Waals surface area contributed by atoms with Crippen molar-refractivity contribution in [2.45, 2.75) is 18.6 Å². The van der Waals surface area contributed by atoms with E-state index in [9.17, 15) is 18.0 Å². The fraction of sp³-hybridized carbons (Fsp3) is 0.385. The number of carboxylic acid groups (broad SMARTS) is 1. The number of aliphatic carboxylic acids is 1. The Labute approximate surface area is 135 Å². The fourth-order valence-electron chi connectivity index (χ4n) is 1.60. The number of benzene rings is 1. The standard InChI is InChI=1S/C13H15F3N2O2S2/c1-22-7-10(11(19)20)18-12(21)17-9-4-2-8(3-5-9)6-13(14,15)16/h2-5,10H,6-7H2,1H3,(H,19,20)(H2,17,18,21). The maximum atomic E-state index is 12.2. The molecule has 1 rings (SSSR count). The van der Waals surface area contributed by atoms with Gasteiger partial charge in [0.05, 0.1) is 6.42 Å². The van der Waals surface area contributed by atoms with Crippen molar-refractivity contribution >= 4 is 40.7 Å². The molecule has 122 valence electrons. The topological polar surface area (TPSA) is 61.4 Å². The van der Waals surface area contributed by atoms with Gasteiger partial charge in [0.25, 0.3) is 0 Å². The van der Waals surface area contributed by atoms with E-state index < -0.39 is 24.6 Å². The van der Waals surface area contributed by atoms with Gasteiger partial charge in [-0.15, -0.1) is 0 Å². The van der Waals surface area contributed by atoms with Gasteiger partial charge in [0.15, 0.2) is 5.11 Å². The van der Waals surface area contributed by atoms with Crippen molar-refractivity contribution in [1.29, 1.82) is 0 Å². The van der Waals surface area contributed by atoms with Crippen molar-refractivity contribution in [3.63, 3.8) is 0 Å². The summed E-state index contributed by atoms with van der Waals surface area (Å²) in [4.78, 5) is 11.0. The minimum Gasteiger partial charge on any atom is -0.480 e. The molecular weight excluding hydrogens is 337 g/mol. The van der Waals surface area contributed by atoms with Gasteiger partial charge < -0.3 is 15.7 Å². The van der Waals surface area contributed by atoms with E-state index in [0.29, 0.717) is 11.4 Å². The van der Waals surface area contributed by atoms with Gasteiger partial charge in [-0.25, -0.2) is 4.79 Å². The molecule has 0 saturated carbocycles. The number of carboxylic acids is 1. The molecule has 1 unspecified atom stereocenters. The number of alkyl halides is 3. The highest BCUT2D eigenvalue weighted by atomic mass is 32.2. The predicted octanol–water partition coefficient (Wildman–Crippen LogP) is 2.89. The van der Waals surface area contributed by atoms with Gasteiger partial charge in [-0.3, -0.25) is 0 Å². The first-order valence-electron chi connectivity index (χ1n) is 6.16. The maximum absolute atomic E-state index is 12.2. The van der Waals surface area contributed by atoms with E-state index in [0.717, 1.165) is 0 Å². The quantitative estimate of drug-likeness (QED) is 0.685. The average Bonchev–Trinajstić information content (AvgIpc) is 2.38. The van der Waals surface area contributed by atoms with Gasteiger partial charge in [0, 0.05) is 11.4 Å². The summed E-state index contributed by atoms with van der Waals surface area (Å²) in [5.74, 6) is -0.694. The van der Waals surface area contributed by atoms with Gasteiger partial charge in [-0.2, -0.15) is 24.9 Å². The predicted molar refractivity (Wildman–Crippen MR) is 85.4 cm³/mol. The van der Waals surface area contributed by atoms with E-state index in [2.05, 4.69) is 10.6 Å². The van der Waals surface area contributed by atoms with Crippen molar-refractivity contribution in [2.75, 3.05) is 17.3 Å². The van der Waals surface area contributed by atoms with Crippen molar-refractivity contribution in [2.24, 2.45) is 0 Å². The Bertz CT molecular complexity index is 521. The molecule has 0 amide bonds. The Morgan fingerprint density at radius 3 is 2.41 bits per heavy atom. The molecule has 1 aromatic rings. The third kappa shape index (κ3) is 6.99. The number of rotatable bonds is 6. The first kappa shape index (κ1) is 18.6. The second kappa shape index (κ2) is 8.23. The lowest BCUT2D eigenvalue weighted by molar-refractivity contribution is -0.138. The molecule has 0 spiro atoms. The number of carbonyl (C=O) groups is 1. The zero-order valence-corrected chi connectivity index (χ0v) is 13.2. The van der Waals surface area contributed by atoms with Gasteiger partial charge in [-0.05, 0) is 36.2 Å². The minimum atomic E-state index is -4.25. The second-order valence-electron chi connectivity index (χ2n) is 4.43. The fourth-order valence-corrected chi connectivity index (χ4v) is 2.42. The Kier molecular flexibility index (Phi) is 6.95. The summed E-state index contributed by atoms with van der Waals surface area (Å²) < 4.78 is 36.7. The second-order valence-corrected chi connectivity index (χ2v) is 5.75. The summed E-state index contributed by atoms with van der Waals surface area (Å²) in [6, 6.07) is 4.77. The van der Waals surface area contributed by atoms with Crippen LogP contribution >= 0.6 is 24.0 Å². The van der Waals surface area contributed by atoms with E-state index in [4.69, 9.17) is 17.3 Å². The Balaban J connectivity index is 2.59. The van der Waals surface area contributed by atoms with Gasteiger partial charge >= 0.3 is 12.1 Å². The van der Waals surface area contributed by atoms with Crippen molar-refractivity contribution in [1.82, 2.24) is 5.32 Å². The third-order valence-corrected chi connectivity index (χ3v) is 3.44. The van der Waals surface area contributed by atoms with Crippen LogP contribution in [0.2, 0.25) is 0 Å². The lowest BCUT2D eigenvalue weighted by atomic mass is 10.1. The Morgan fingerprint density at radius 2 is 1.95 bits per heavy atom.